The summed E-state index contributed by atoms with van der Waals surface area (Å²) in [7, 11) is -1.97. The Morgan fingerprint density at radius 2 is 1.85 bits per heavy atom. The van der Waals surface area contributed by atoms with Gasteiger partial charge < -0.3 is 19.5 Å². The number of sulfonamides is 1. The number of aromatic nitrogens is 2. The van der Waals surface area contributed by atoms with Crippen molar-refractivity contribution >= 4 is 38.7 Å². The number of benzene rings is 2. The van der Waals surface area contributed by atoms with Gasteiger partial charge in [0.05, 0.1) is 42.5 Å². The minimum absolute atomic E-state index is 0.222. The van der Waals surface area contributed by atoms with E-state index in [2.05, 4.69) is 76.5 Å². The molecule has 0 amide bonds. The molecule has 0 aliphatic carbocycles. The Balaban J connectivity index is 1.69. The highest BCUT2D eigenvalue weighted by Gasteiger charge is 2.42. The maximum absolute atomic E-state index is 11.9. The van der Waals surface area contributed by atoms with Crippen molar-refractivity contribution in [2.75, 3.05) is 23.0 Å². The SMILES string of the molecule is CCc1cccc(C)c1-n1c(C)cc([C@@H]2[C@@H](c3ccccn3)NC(=S)N2c2ccc(NS(C)(=O)=O)c(OC)c2)c1C. The number of hydrogen-bond donors (Lipinski definition) is 2. The predicted molar refractivity (Wildman–Crippen MR) is 169 cm³/mol. The van der Waals surface area contributed by atoms with Gasteiger partial charge >= 0.3 is 0 Å². The molecule has 0 spiro atoms. The van der Waals surface area contributed by atoms with Gasteiger partial charge in [0.2, 0.25) is 10.0 Å². The molecule has 1 aliphatic rings. The molecule has 8 nitrogen and oxygen atoms in total. The van der Waals surface area contributed by atoms with Crippen LogP contribution in [0.1, 0.15) is 52.8 Å². The summed E-state index contributed by atoms with van der Waals surface area (Å²) in [5.41, 5.74) is 9.10. The summed E-state index contributed by atoms with van der Waals surface area (Å²) in [6.07, 6.45) is 3.83. The van der Waals surface area contributed by atoms with Crippen molar-refractivity contribution in [3.63, 3.8) is 0 Å². The highest BCUT2D eigenvalue weighted by atomic mass is 32.2. The normalized spacial score (nSPS) is 17.0. The van der Waals surface area contributed by atoms with Crippen LogP contribution < -0.4 is 19.7 Å². The lowest BCUT2D eigenvalue weighted by molar-refractivity contribution is 0.417. The second-order valence-corrected chi connectivity index (χ2v) is 12.5. The van der Waals surface area contributed by atoms with Crippen LogP contribution in [0, 0.1) is 20.8 Å². The van der Waals surface area contributed by atoms with Gasteiger partial charge in [-0.3, -0.25) is 9.71 Å². The van der Waals surface area contributed by atoms with E-state index in [9.17, 15) is 8.42 Å². The molecule has 1 fully saturated rings. The Morgan fingerprint density at radius 3 is 2.51 bits per heavy atom. The second kappa shape index (κ2) is 11.2. The summed E-state index contributed by atoms with van der Waals surface area (Å²) in [4.78, 5) is 6.76. The molecule has 41 heavy (non-hydrogen) atoms. The molecule has 0 bridgehead atoms. The van der Waals surface area contributed by atoms with Crippen molar-refractivity contribution in [3.8, 4) is 11.4 Å². The van der Waals surface area contributed by atoms with Gasteiger partial charge in [-0.05, 0) is 86.4 Å². The molecule has 2 aromatic carbocycles. The summed E-state index contributed by atoms with van der Waals surface area (Å²) < 4.78 is 34.3. The van der Waals surface area contributed by atoms with Gasteiger partial charge in [0.25, 0.3) is 0 Å². The monoisotopic (exact) mass is 589 g/mol. The third-order valence-corrected chi connectivity index (χ3v) is 8.48. The third-order valence-electron chi connectivity index (χ3n) is 7.57. The molecule has 10 heteroatoms. The Bertz CT molecular complexity index is 1720. The van der Waals surface area contributed by atoms with Crippen molar-refractivity contribution in [2.24, 2.45) is 0 Å². The van der Waals surface area contributed by atoms with E-state index in [1.807, 2.05) is 30.3 Å². The van der Waals surface area contributed by atoms with Crippen LogP contribution in [0.3, 0.4) is 0 Å². The average Bonchev–Trinajstić information content (AvgIpc) is 3.43. The van der Waals surface area contributed by atoms with Gasteiger partial charge in [-0.1, -0.05) is 31.2 Å². The number of rotatable bonds is 8. The fourth-order valence-electron chi connectivity index (χ4n) is 5.82. The Hall–Kier alpha value is -3.89. The van der Waals surface area contributed by atoms with E-state index in [1.54, 1.807) is 12.3 Å². The molecule has 5 rings (SSSR count). The molecule has 2 N–H and O–H groups in total. The number of nitrogens with zero attached hydrogens (tertiary/aromatic N) is 3. The fraction of sp³-hybridized carbons (Fsp3) is 0.290. The van der Waals surface area contributed by atoms with Gasteiger partial charge in [-0.2, -0.15) is 0 Å². The van der Waals surface area contributed by atoms with Crippen molar-refractivity contribution in [1.82, 2.24) is 14.9 Å². The minimum Gasteiger partial charge on any atom is -0.494 e. The Labute approximate surface area is 247 Å². The Morgan fingerprint density at radius 1 is 1.07 bits per heavy atom. The highest BCUT2D eigenvalue weighted by Crippen LogP contribution is 2.45. The van der Waals surface area contributed by atoms with Gasteiger partial charge in [0, 0.05) is 29.3 Å². The number of para-hydroxylation sites is 1. The first-order valence-corrected chi connectivity index (χ1v) is 15.8. The largest absolute Gasteiger partial charge is 0.494 e. The molecule has 0 unspecified atom stereocenters. The van der Waals surface area contributed by atoms with Crippen molar-refractivity contribution in [2.45, 2.75) is 46.2 Å². The molecule has 4 aromatic rings. The molecular weight excluding hydrogens is 555 g/mol. The van der Waals surface area contributed by atoms with Crippen molar-refractivity contribution < 1.29 is 13.2 Å². The number of nitrogens with one attached hydrogen (secondary N) is 2. The summed E-state index contributed by atoms with van der Waals surface area (Å²) >= 11 is 5.94. The van der Waals surface area contributed by atoms with E-state index < -0.39 is 10.0 Å². The minimum atomic E-state index is -3.49. The topological polar surface area (TPSA) is 88.5 Å². The van der Waals surface area contributed by atoms with E-state index in [0.29, 0.717) is 16.5 Å². The third kappa shape index (κ3) is 5.41. The van der Waals surface area contributed by atoms with E-state index in [-0.39, 0.29) is 12.1 Å². The van der Waals surface area contributed by atoms with Crippen LogP contribution in [0.15, 0.2) is 66.9 Å². The van der Waals surface area contributed by atoms with Crippen LogP contribution >= 0.6 is 12.2 Å². The lowest BCUT2D eigenvalue weighted by atomic mass is 9.96. The van der Waals surface area contributed by atoms with Gasteiger partial charge in [-0.15, -0.1) is 0 Å². The maximum atomic E-state index is 11.9. The first-order valence-electron chi connectivity index (χ1n) is 13.5. The maximum Gasteiger partial charge on any atom is 0.229 e. The number of ether oxygens (including phenoxy) is 1. The highest BCUT2D eigenvalue weighted by molar-refractivity contribution is 7.92. The standard InChI is InChI=1S/C31H35N5O3S2/c1-7-22-12-10-11-19(2)29(22)35-20(3)17-24(21(35)4)30-28(26-13-8-9-16-32-26)33-31(40)36(30)23-14-15-25(27(18-23)39-5)34-41(6,37)38/h8-18,28,30,34H,7H2,1-6H3,(H,33,40)/t28-,30-/m1/s1. The number of anilines is 2. The predicted octanol–water partition coefficient (Wildman–Crippen LogP) is 5.92. The van der Waals surface area contributed by atoms with E-state index in [4.69, 9.17) is 17.0 Å². The van der Waals surface area contributed by atoms with Gasteiger partial charge in [-0.25, -0.2) is 8.42 Å². The molecule has 2 atom stereocenters. The molecule has 2 aromatic heterocycles. The molecule has 0 saturated carbocycles. The van der Waals surface area contributed by atoms with E-state index >= 15 is 0 Å². The number of methoxy groups -OCH3 is 1. The van der Waals surface area contributed by atoms with Crippen LogP contribution in [0.4, 0.5) is 11.4 Å². The first kappa shape index (κ1) is 28.6. The van der Waals surface area contributed by atoms with Crippen molar-refractivity contribution in [3.05, 3.63) is 101 Å². The van der Waals surface area contributed by atoms with Crippen LogP contribution in [-0.4, -0.2) is 36.4 Å². The fourth-order valence-corrected chi connectivity index (χ4v) is 6.73. The molecule has 1 saturated heterocycles. The van der Waals surface area contributed by atoms with E-state index in [1.165, 1.54) is 23.9 Å². The lowest BCUT2D eigenvalue weighted by Crippen LogP contribution is -2.29. The van der Waals surface area contributed by atoms with Gasteiger partial charge in [0.15, 0.2) is 5.11 Å². The second-order valence-electron chi connectivity index (χ2n) is 10.4. The lowest BCUT2D eigenvalue weighted by Gasteiger charge is -2.29. The number of hydrogen-bond acceptors (Lipinski definition) is 5. The summed E-state index contributed by atoms with van der Waals surface area (Å²) in [6.45, 7) is 8.63. The smallest absolute Gasteiger partial charge is 0.229 e. The summed E-state index contributed by atoms with van der Waals surface area (Å²) in [5.74, 6) is 0.397. The average molecular weight is 590 g/mol. The van der Waals surface area contributed by atoms with Crippen LogP contribution in [0.25, 0.3) is 5.69 Å². The van der Waals surface area contributed by atoms with Crippen LogP contribution in [-0.2, 0) is 16.4 Å². The van der Waals surface area contributed by atoms with Crippen molar-refractivity contribution in [1.29, 1.82) is 0 Å². The zero-order valence-corrected chi connectivity index (χ0v) is 25.7. The molecule has 214 valence electrons. The zero-order valence-electron chi connectivity index (χ0n) is 24.1. The molecule has 0 radical (unpaired) electrons. The number of aryl methyl sites for hydroxylation is 3. The number of thiocarbonyl (C=S) groups is 1. The number of pyridine rings is 1. The molecule has 3 heterocycles. The van der Waals surface area contributed by atoms with Gasteiger partial charge in [0.1, 0.15) is 5.75 Å². The van der Waals surface area contributed by atoms with Crippen LogP contribution in [0.2, 0.25) is 0 Å². The van der Waals surface area contributed by atoms with E-state index in [0.717, 1.165) is 41.0 Å². The van der Waals surface area contributed by atoms with Crippen LogP contribution in [0.5, 0.6) is 5.75 Å². The zero-order chi connectivity index (χ0) is 29.5. The summed E-state index contributed by atoms with van der Waals surface area (Å²) in [5, 5.41) is 4.07. The Kier molecular flexibility index (Phi) is 7.80. The summed E-state index contributed by atoms with van der Waals surface area (Å²) in [6, 6.07) is 19.5. The molecular formula is C31H35N5O3S2. The first-order chi connectivity index (χ1) is 19.5. The quantitative estimate of drug-likeness (QED) is 0.247. The molecule has 1 aliphatic heterocycles.